The van der Waals surface area contributed by atoms with Gasteiger partial charge < -0.3 is 13.9 Å². The van der Waals surface area contributed by atoms with Crippen LogP contribution in [-0.4, -0.2) is 7.11 Å². The van der Waals surface area contributed by atoms with Crippen LogP contribution in [0.5, 0.6) is 11.5 Å². The molecule has 3 heteroatoms. The van der Waals surface area contributed by atoms with Crippen LogP contribution in [0, 0.1) is 6.92 Å². The Morgan fingerprint density at radius 2 is 1.54 bits per heavy atom. The fourth-order valence-corrected chi connectivity index (χ4v) is 3.20. The van der Waals surface area contributed by atoms with E-state index >= 15 is 0 Å². The topological polar surface area (TPSA) is 31.6 Å². The number of methoxy groups -OCH3 is 1. The molecule has 0 aliphatic carbocycles. The van der Waals surface area contributed by atoms with Crippen molar-refractivity contribution >= 4 is 11.0 Å². The highest BCUT2D eigenvalue weighted by atomic mass is 16.5. The van der Waals surface area contributed by atoms with Crippen LogP contribution in [0.1, 0.15) is 11.3 Å². The van der Waals surface area contributed by atoms with Crippen LogP contribution in [0.2, 0.25) is 0 Å². The average Bonchev–Trinajstić information content (AvgIpc) is 3.01. The second kappa shape index (κ2) is 6.96. The van der Waals surface area contributed by atoms with Crippen molar-refractivity contribution in [1.29, 1.82) is 0 Å². The molecule has 26 heavy (non-hydrogen) atoms. The third-order valence-corrected chi connectivity index (χ3v) is 4.45. The van der Waals surface area contributed by atoms with Crippen molar-refractivity contribution in [3.8, 4) is 22.6 Å². The second-order valence-corrected chi connectivity index (χ2v) is 6.17. The minimum absolute atomic E-state index is 0.486. The van der Waals surface area contributed by atoms with Gasteiger partial charge >= 0.3 is 0 Å². The molecular formula is C23H20O3. The van der Waals surface area contributed by atoms with Crippen LogP contribution < -0.4 is 9.47 Å². The zero-order chi connectivity index (χ0) is 17.9. The lowest BCUT2D eigenvalue weighted by Gasteiger charge is -2.11. The maximum absolute atomic E-state index is 6.06. The lowest BCUT2D eigenvalue weighted by molar-refractivity contribution is 0.285. The molecule has 0 bridgehead atoms. The van der Waals surface area contributed by atoms with E-state index in [9.17, 15) is 0 Å². The molecular weight excluding hydrogens is 324 g/mol. The predicted molar refractivity (Wildman–Crippen MR) is 104 cm³/mol. The number of rotatable bonds is 5. The van der Waals surface area contributed by atoms with Crippen molar-refractivity contribution in [3.63, 3.8) is 0 Å². The molecule has 0 radical (unpaired) electrons. The molecule has 3 aromatic carbocycles. The summed E-state index contributed by atoms with van der Waals surface area (Å²) in [4.78, 5) is 0. The zero-order valence-corrected chi connectivity index (χ0v) is 14.9. The molecule has 0 saturated carbocycles. The summed E-state index contributed by atoms with van der Waals surface area (Å²) in [5, 5.41) is 1.03. The molecule has 3 nitrogen and oxygen atoms in total. The summed E-state index contributed by atoms with van der Waals surface area (Å²) in [5.41, 5.74) is 4.13. The average molecular weight is 344 g/mol. The van der Waals surface area contributed by atoms with Crippen molar-refractivity contribution < 1.29 is 13.9 Å². The second-order valence-electron chi connectivity index (χ2n) is 6.17. The quantitative estimate of drug-likeness (QED) is 0.445. The smallest absolute Gasteiger partial charge is 0.164 e. The highest BCUT2D eigenvalue weighted by Gasteiger charge is 2.17. The fraction of sp³-hybridized carbons (Fsp3) is 0.130. The SMILES string of the molecule is COc1cc2oc(C)c(-c3ccccc3)c2cc1OCc1ccccc1. The Morgan fingerprint density at radius 1 is 0.846 bits per heavy atom. The first-order valence-corrected chi connectivity index (χ1v) is 8.59. The molecule has 4 aromatic rings. The summed E-state index contributed by atoms with van der Waals surface area (Å²) < 4.78 is 17.5. The lowest BCUT2D eigenvalue weighted by Crippen LogP contribution is -1.97. The molecule has 0 saturated heterocycles. The molecule has 1 aromatic heterocycles. The number of aryl methyl sites for hydroxylation is 1. The Labute approximate surface area is 152 Å². The van der Waals surface area contributed by atoms with Crippen molar-refractivity contribution in [3.05, 3.63) is 84.1 Å². The van der Waals surface area contributed by atoms with Gasteiger partial charge in [0.2, 0.25) is 0 Å². The van der Waals surface area contributed by atoms with E-state index in [0.29, 0.717) is 18.1 Å². The molecule has 0 unspecified atom stereocenters. The summed E-state index contributed by atoms with van der Waals surface area (Å²) in [6, 6.07) is 24.3. The Kier molecular flexibility index (Phi) is 4.36. The fourth-order valence-electron chi connectivity index (χ4n) is 3.20. The molecule has 0 fully saturated rings. The van der Waals surface area contributed by atoms with Gasteiger partial charge in [0.15, 0.2) is 11.5 Å². The van der Waals surface area contributed by atoms with Gasteiger partial charge in [-0.1, -0.05) is 60.7 Å². The van der Waals surface area contributed by atoms with Crippen LogP contribution >= 0.6 is 0 Å². The third-order valence-electron chi connectivity index (χ3n) is 4.45. The monoisotopic (exact) mass is 344 g/mol. The summed E-state index contributed by atoms with van der Waals surface area (Å²) in [6.07, 6.45) is 0. The Hall–Kier alpha value is -3.20. The number of hydrogen-bond donors (Lipinski definition) is 0. The number of fused-ring (bicyclic) bond motifs is 1. The highest BCUT2D eigenvalue weighted by molar-refractivity contribution is 5.97. The van der Waals surface area contributed by atoms with E-state index in [1.165, 1.54) is 0 Å². The van der Waals surface area contributed by atoms with Crippen molar-refractivity contribution in [2.75, 3.05) is 7.11 Å². The first kappa shape index (κ1) is 16.3. The van der Waals surface area contributed by atoms with E-state index in [2.05, 4.69) is 12.1 Å². The Morgan fingerprint density at radius 3 is 2.23 bits per heavy atom. The van der Waals surface area contributed by atoms with E-state index < -0.39 is 0 Å². The van der Waals surface area contributed by atoms with Gasteiger partial charge in [-0.2, -0.15) is 0 Å². The van der Waals surface area contributed by atoms with E-state index in [1.54, 1.807) is 7.11 Å². The largest absolute Gasteiger partial charge is 0.493 e. The Bertz CT molecular complexity index is 1020. The third kappa shape index (κ3) is 3.04. The van der Waals surface area contributed by atoms with Crippen molar-refractivity contribution in [2.45, 2.75) is 13.5 Å². The Balaban J connectivity index is 1.77. The zero-order valence-electron chi connectivity index (χ0n) is 14.9. The van der Waals surface area contributed by atoms with Gasteiger partial charge in [-0.15, -0.1) is 0 Å². The van der Waals surface area contributed by atoms with E-state index in [4.69, 9.17) is 13.9 Å². The van der Waals surface area contributed by atoms with Crippen LogP contribution in [0.25, 0.3) is 22.1 Å². The predicted octanol–water partition coefficient (Wildman–Crippen LogP) is 6.00. The lowest BCUT2D eigenvalue weighted by atomic mass is 10.0. The van der Waals surface area contributed by atoms with Gasteiger partial charge in [0, 0.05) is 17.0 Å². The summed E-state index contributed by atoms with van der Waals surface area (Å²) in [6.45, 7) is 2.47. The number of ether oxygens (including phenoxy) is 2. The van der Waals surface area contributed by atoms with E-state index in [1.807, 2.05) is 67.6 Å². The normalized spacial score (nSPS) is 10.8. The van der Waals surface area contributed by atoms with Crippen molar-refractivity contribution in [1.82, 2.24) is 0 Å². The van der Waals surface area contributed by atoms with Crippen LogP contribution in [0.4, 0.5) is 0 Å². The molecule has 0 amide bonds. The van der Waals surface area contributed by atoms with Gasteiger partial charge in [0.05, 0.1) is 7.11 Å². The molecule has 0 N–H and O–H groups in total. The molecule has 4 rings (SSSR count). The van der Waals surface area contributed by atoms with Crippen LogP contribution in [-0.2, 0) is 6.61 Å². The minimum Gasteiger partial charge on any atom is -0.493 e. The van der Waals surface area contributed by atoms with E-state index in [-0.39, 0.29) is 0 Å². The first-order valence-electron chi connectivity index (χ1n) is 8.59. The van der Waals surface area contributed by atoms with E-state index in [0.717, 1.165) is 33.4 Å². The summed E-state index contributed by atoms with van der Waals surface area (Å²) in [7, 11) is 1.64. The van der Waals surface area contributed by atoms with Crippen molar-refractivity contribution in [2.24, 2.45) is 0 Å². The summed E-state index contributed by atoms with van der Waals surface area (Å²) >= 11 is 0. The molecule has 130 valence electrons. The first-order chi connectivity index (χ1) is 12.8. The van der Waals surface area contributed by atoms with Gasteiger partial charge in [0.1, 0.15) is 18.0 Å². The maximum atomic E-state index is 6.06. The van der Waals surface area contributed by atoms with Gasteiger partial charge in [-0.25, -0.2) is 0 Å². The number of benzene rings is 3. The maximum Gasteiger partial charge on any atom is 0.164 e. The molecule has 1 heterocycles. The minimum atomic E-state index is 0.486. The van der Waals surface area contributed by atoms with Gasteiger partial charge in [-0.05, 0) is 24.1 Å². The number of furan rings is 1. The number of hydrogen-bond acceptors (Lipinski definition) is 3. The standard InChI is InChI=1S/C23H20O3/c1-16-23(18-11-7-4-8-12-18)19-13-22(21(24-2)14-20(19)26-16)25-15-17-9-5-3-6-10-17/h3-14H,15H2,1-2H3. The highest BCUT2D eigenvalue weighted by Crippen LogP contribution is 2.40. The summed E-state index contributed by atoms with van der Waals surface area (Å²) in [5.74, 6) is 2.26. The van der Waals surface area contributed by atoms with Gasteiger partial charge in [0.25, 0.3) is 0 Å². The van der Waals surface area contributed by atoms with Crippen LogP contribution in [0.15, 0.2) is 77.2 Å². The molecule has 0 atom stereocenters. The van der Waals surface area contributed by atoms with Crippen LogP contribution in [0.3, 0.4) is 0 Å². The molecule has 0 aliphatic rings. The molecule has 0 spiro atoms. The molecule has 0 aliphatic heterocycles. The van der Waals surface area contributed by atoms with Gasteiger partial charge in [-0.3, -0.25) is 0 Å².